The fourth-order valence-electron chi connectivity index (χ4n) is 3.91. The molecule has 1 saturated heterocycles. The van der Waals surface area contributed by atoms with Gasteiger partial charge in [-0.2, -0.15) is 14.8 Å². The Morgan fingerprint density at radius 1 is 1.29 bits per heavy atom. The molecule has 31 heavy (non-hydrogen) atoms. The molecule has 12 heteroatoms. The van der Waals surface area contributed by atoms with E-state index in [1.807, 2.05) is 6.92 Å². The predicted molar refractivity (Wildman–Crippen MR) is 116 cm³/mol. The molecule has 4 heterocycles. The van der Waals surface area contributed by atoms with Crippen LogP contribution in [0, 0.1) is 6.92 Å². The van der Waals surface area contributed by atoms with Gasteiger partial charge in [-0.3, -0.25) is 14.8 Å². The zero-order chi connectivity index (χ0) is 21.5. The van der Waals surface area contributed by atoms with E-state index in [0.717, 1.165) is 42.9 Å². The third kappa shape index (κ3) is 3.79. The molecule has 164 valence electrons. The number of likely N-dealkylation sites (tertiary alicyclic amines) is 1. The summed E-state index contributed by atoms with van der Waals surface area (Å²) in [5.41, 5.74) is -0.255. The number of fused-ring (bicyclic) bond motifs is 3. The van der Waals surface area contributed by atoms with Crippen molar-refractivity contribution in [2.45, 2.75) is 38.6 Å². The summed E-state index contributed by atoms with van der Waals surface area (Å²) in [4.78, 5) is 34.1. The number of aromatic amines is 1. The van der Waals surface area contributed by atoms with Gasteiger partial charge in [0.1, 0.15) is 5.69 Å². The summed E-state index contributed by atoms with van der Waals surface area (Å²) in [6.45, 7) is 5.44. The molecule has 0 aromatic carbocycles. The molecule has 1 saturated carbocycles. The Morgan fingerprint density at radius 3 is 2.81 bits per heavy atom. The van der Waals surface area contributed by atoms with Crippen molar-refractivity contribution in [3.63, 3.8) is 0 Å². The van der Waals surface area contributed by atoms with E-state index in [2.05, 4.69) is 30.4 Å². The smallest absolute Gasteiger partial charge is 0.349 e. The molecule has 1 aromatic rings. The molecule has 0 radical (unpaired) electrons. The van der Waals surface area contributed by atoms with Crippen molar-refractivity contribution in [2.75, 3.05) is 36.5 Å². The quantitative estimate of drug-likeness (QED) is 0.355. The van der Waals surface area contributed by atoms with E-state index in [1.165, 1.54) is 12.8 Å². The molecular formula is C19H26N10O2. The summed E-state index contributed by atoms with van der Waals surface area (Å²) in [6, 6.07) is 1.79. The van der Waals surface area contributed by atoms with Crippen LogP contribution in [0.3, 0.4) is 0 Å². The maximum absolute atomic E-state index is 12.4. The second-order valence-electron chi connectivity index (χ2n) is 8.15. The molecule has 1 aromatic heterocycles. The van der Waals surface area contributed by atoms with E-state index < -0.39 is 11.2 Å². The largest absolute Gasteiger partial charge is 0.352 e. The highest BCUT2D eigenvalue weighted by Crippen LogP contribution is 2.28. The van der Waals surface area contributed by atoms with E-state index in [9.17, 15) is 9.59 Å². The van der Waals surface area contributed by atoms with Crippen molar-refractivity contribution in [3.8, 4) is 5.69 Å². The molecule has 4 aliphatic rings. The standard InChI is InChI=1S/C19H26N10O2/c1-12-13-10-15-16(30)23-19(31)29(15)25-17(21-6-9-26-7-2-3-8-26)24-18(28(12)22-11-13)27(20)14-4-5-14/h10-11,14H,2-9,20H2,1H3,(H,21,25)(H,23,30,31). The number of rotatable bonds is 6. The molecule has 0 spiro atoms. The molecule has 0 unspecified atom stereocenters. The third-order valence-corrected chi connectivity index (χ3v) is 5.88. The molecule has 3 aliphatic heterocycles. The van der Waals surface area contributed by atoms with Gasteiger partial charge in [0.05, 0.1) is 11.9 Å². The maximum Gasteiger partial charge on any atom is 0.349 e. The van der Waals surface area contributed by atoms with Crippen LogP contribution in [-0.4, -0.2) is 66.5 Å². The fourth-order valence-corrected chi connectivity index (χ4v) is 3.91. The molecule has 1 aliphatic carbocycles. The predicted octanol–water partition coefficient (Wildman–Crippen LogP) is -0.378. The van der Waals surface area contributed by atoms with Gasteiger partial charge in [0.25, 0.3) is 5.56 Å². The van der Waals surface area contributed by atoms with Crippen LogP contribution in [0.25, 0.3) is 11.1 Å². The summed E-state index contributed by atoms with van der Waals surface area (Å²) >= 11 is 0. The average Bonchev–Trinajstić information content (AvgIpc) is 3.27. The normalized spacial score (nSPS) is 16.8. The lowest BCUT2D eigenvalue weighted by Crippen LogP contribution is -2.36. The summed E-state index contributed by atoms with van der Waals surface area (Å²) in [5, 5.41) is 14.3. The van der Waals surface area contributed by atoms with Crippen molar-refractivity contribution in [1.29, 1.82) is 0 Å². The van der Waals surface area contributed by atoms with Crippen molar-refractivity contribution in [2.24, 2.45) is 5.84 Å². The van der Waals surface area contributed by atoms with Crippen LogP contribution in [0.2, 0.25) is 0 Å². The van der Waals surface area contributed by atoms with E-state index in [0.29, 0.717) is 17.9 Å². The van der Waals surface area contributed by atoms with Gasteiger partial charge in [-0.1, -0.05) is 0 Å². The Morgan fingerprint density at radius 2 is 2.06 bits per heavy atom. The Kier molecular flexibility index (Phi) is 4.94. The van der Waals surface area contributed by atoms with Crippen molar-refractivity contribution < 1.29 is 0 Å². The van der Waals surface area contributed by atoms with E-state index in [1.54, 1.807) is 21.8 Å². The number of hydrogen-bond acceptors (Lipinski definition) is 9. The Balaban J connectivity index is 1.66. The van der Waals surface area contributed by atoms with Crippen LogP contribution in [0.1, 0.15) is 31.4 Å². The lowest BCUT2D eigenvalue weighted by atomic mass is 10.3. The number of anilines is 2. The number of hydrogen-bond donors (Lipinski definition) is 3. The molecule has 4 N–H and O–H groups in total. The minimum Gasteiger partial charge on any atom is -0.352 e. The second kappa shape index (κ2) is 7.78. The highest BCUT2D eigenvalue weighted by Gasteiger charge is 2.30. The fraction of sp³-hybridized carbons (Fsp3) is 0.526. The van der Waals surface area contributed by atoms with Gasteiger partial charge < -0.3 is 10.2 Å². The first-order valence-electron chi connectivity index (χ1n) is 10.6. The van der Waals surface area contributed by atoms with Crippen molar-refractivity contribution in [1.82, 2.24) is 34.3 Å². The number of H-pyrrole nitrogens is 1. The summed E-state index contributed by atoms with van der Waals surface area (Å²) in [7, 11) is 0. The van der Waals surface area contributed by atoms with Crippen LogP contribution >= 0.6 is 0 Å². The number of aryl methyl sites for hydroxylation is 1. The lowest BCUT2D eigenvalue weighted by molar-refractivity contribution is 0.352. The van der Waals surface area contributed by atoms with Gasteiger partial charge in [0, 0.05) is 24.5 Å². The number of hydrazine groups is 1. The molecule has 12 nitrogen and oxygen atoms in total. The summed E-state index contributed by atoms with van der Waals surface area (Å²) in [6.07, 6.45) is 5.99. The average molecular weight is 426 g/mol. The van der Waals surface area contributed by atoms with Gasteiger partial charge in [0.2, 0.25) is 11.9 Å². The first kappa shape index (κ1) is 19.7. The van der Waals surface area contributed by atoms with Crippen LogP contribution in [-0.2, 0) is 0 Å². The van der Waals surface area contributed by atoms with E-state index >= 15 is 0 Å². The number of imidazole rings is 1. The first-order chi connectivity index (χ1) is 15.0. The van der Waals surface area contributed by atoms with Crippen molar-refractivity contribution >= 4 is 17.3 Å². The van der Waals surface area contributed by atoms with Gasteiger partial charge in [-0.15, -0.1) is 5.10 Å². The molecule has 2 bridgehead atoms. The van der Waals surface area contributed by atoms with Crippen LogP contribution in [0.15, 0.2) is 21.9 Å². The van der Waals surface area contributed by atoms with Crippen LogP contribution < -0.4 is 27.4 Å². The molecular weight excluding hydrogens is 400 g/mol. The topological polar surface area (TPSA) is 142 Å². The Bertz CT molecular complexity index is 1220. The van der Waals surface area contributed by atoms with Crippen molar-refractivity contribution in [3.05, 3.63) is 38.8 Å². The first-order valence-corrected chi connectivity index (χ1v) is 10.6. The van der Waals surface area contributed by atoms with Gasteiger partial charge >= 0.3 is 5.69 Å². The summed E-state index contributed by atoms with van der Waals surface area (Å²) in [5.74, 6) is 6.98. The van der Waals surface area contributed by atoms with Crippen LogP contribution in [0.5, 0.6) is 0 Å². The Labute approximate surface area is 177 Å². The van der Waals surface area contributed by atoms with Gasteiger partial charge in [-0.05, 0) is 51.8 Å². The van der Waals surface area contributed by atoms with E-state index in [-0.39, 0.29) is 17.7 Å². The molecule has 2 fully saturated rings. The minimum absolute atomic E-state index is 0.122. The Hall–Kier alpha value is -3.25. The van der Waals surface area contributed by atoms with Gasteiger partial charge in [0.15, 0.2) is 0 Å². The molecule has 0 amide bonds. The zero-order valence-electron chi connectivity index (χ0n) is 17.4. The number of nitrogens with one attached hydrogen (secondary N) is 2. The highest BCUT2D eigenvalue weighted by molar-refractivity contribution is 5.60. The minimum atomic E-state index is -0.621. The lowest BCUT2D eigenvalue weighted by Gasteiger charge is -2.18. The SMILES string of the molecule is Cc1c2cnn1c(N(N)C1CC1)nc(NCCN1CCCC1)nn1c(=O)[nH]c(=O)c-1c2. The number of nitrogens with zero attached hydrogens (tertiary/aromatic N) is 7. The molecule has 5 rings (SSSR count). The number of nitrogens with two attached hydrogens (primary N) is 1. The molecule has 0 atom stereocenters. The number of aromatic nitrogens is 6. The van der Waals surface area contributed by atoms with E-state index in [4.69, 9.17) is 5.84 Å². The third-order valence-electron chi connectivity index (χ3n) is 5.88. The zero-order valence-corrected chi connectivity index (χ0v) is 17.4. The van der Waals surface area contributed by atoms with Crippen LogP contribution in [0.4, 0.5) is 11.9 Å². The highest BCUT2D eigenvalue weighted by atomic mass is 16.2. The maximum atomic E-state index is 12.4. The monoisotopic (exact) mass is 426 g/mol. The van der Waals surface area contributed by atoms with Gasteiger partial charge in [-0.25, -0.2) is 15.2 Å². The second-order valence-corrected chi connectivity index (χ2v) is 8.15. The summed E-state index contributed by atoms with van der Waals surface area (Å²) < 4.78 is 2.69.